The third-order valence-corrected chi connectivity index (χ3v) is 1.26. The fourth-order valence-electron chi connectivity index (χ4n) is 0.734. The average Bonchev–Trinajstić information content (AvgIpc) is 2.03. The molecule has 0 saturated carbocycles. The molecule has 0 radical (unpaired) electrons. The van der Waals surface area contributed by atoms with Gasteiger partial charge in [0.05, 0.1) is 0 Å². The van der Waals surface area contributed by atoms with E-state index in [1.54, 1.807) is 30.3 Å². The lowest BCUT2D eigenvalue weighted by atomic mass is 10.1. The van der Waals surface area contributed by atoms with Crippen LogP contribution in [-0.2, 0) is 0 Å². The summed E-state index contributed by atoms with van der Waals surface area (Å²) in [6, 6.07) is 8.47. The van der Waals surface area contributed by atoms with Crippen molar-refractivity contribution in [2.24, 2.45) is 0 Å². The second-order valence-electron chi connectivity index (χ2n) is 1.95. The van der Waals surface area contributed by atoms with E-state index in [1.807, 2.05) is 0 Å². The van der Waals surface area contributed by atoms with Gasteiger partial charge in [-0.3, -0.25) is 4.79 Å². The first-order valence-corrected chi connectivity index (χ1v) is 3.11. The summed E-state index contributed by atoms with van der Waals surface area (Å²) in [5.74, 6) is -0.469. The molecule has 1 nitrogen and oxygen atoms in total. The molecule has 0 aliphatic rings. The van der Waals surface area contributed by atoms with Crippen LogP contribution in [0.15, 0.2) is 30.3 Å². The van der Waals surface area contributed by atoms with Gasteiger partial charge in [-0.2, -0.15) is 0 Å². The number of benzene rings is 1. The van der Waals surface area contributed by atoms with Crippen molar-refractivity contribution in [1.82, 2.24) is 0 Å². The zero-order valence-electron chi connectivity index (χ0n) is 7.79. The minimum atomic E-state index is -1.78. The second kappa shape index (κ2) is 3.16. The van der Waals surface area contributed by atoms with Crippen molar-refractivity contribution in [1.29, 1.82) is 0 Å². The summed E-state index contributed by atoms with van der Waals surface area (Å²) in [5.41, 5.74) is 0.421. The molecule has 1 aromatic carbocycles. The predicted molar refractivity (Wildman–Crippen MR) is 41.1 cm³/mol. The minimum Gasteiger partial charge on any atom is -0.294 e. The Labute approximate surface area is 63.5 Å². The molecular weight excluding hydrogens is 124 g/mol. The predicted octanol–water partition coefficient (Wildman–Crippen LogP) is 2.28. The van der Waals surface area contributed by atoms with Crippen LogP contribution in [-0.4, -0.2) is 5.78 Å². The van der Waals surface area contributed by atoms with Gasteiger partial charge >= 0.3 is 0 Å². The molecule has 0 aliphatic carbocycles. The van der Waals surface area contributed by atoms with Gasteiger partial charge in [0.2, 0.25) is 0 Å². The molecule has 0 bridgehead atoms. The summed E-state index contributed by atoms with van der Waals surface area (Å²) in [7, 11) is 0. The summed E-state index contributed by atoms with van der Waals surface area (Å²) in [4.78, 5) is 11.3. The van der Waals surface area contributed by atoms with Gasteiger partial charge in [0.1, 0.15) is 0 Å². The molecule has 0 aromatic heterocycles. The third kappa shape index (κ3) is 1.44. The topological polar surface area (TPSA) is 17.1 Å². The van der Waals surface area contributed by atoms with Gasteiger partial charge in [-0.25, -0.2) is 0 Å². The van der Waals surface area contributed by atoms with Crippen molar-refractivity contribution in [2.45, 2.75) is 13.3 Å². The maximum Gasteiger partial charge on any atom is 0.162 e. The summed E-state index contributed by atoms with van der Waals surface area (Å²) in [6.45, 7) is 1.27. The van der Waals surface area contributed by atoms with Crippen molar-refractivity contribution >= 4 is 5.78 Å². The molecule has 0 N–H and O–H groups in total. The van der Waals surface area contributed by atoms with E-state index in [0.717, 1.165) is 0 Å². The van der Waals surface area contributed by atoms with Crippen molar-refractivity contribution in [3.8, 4) is 0 Å². The van der Waals surface area contributed by atoms with Gasteiger partial charge in [-0.05, 0) is 0 Å². The number of hydrogen-bond donors (Lipinski definition) is 0. The van der Waals surface area contributed by atoms with Gasteiger partial charge < -0.3 is 0 Å². The van der Waals surface area contributed by atoms with Crippen LogP contribution in [0, 0.1) is 0 Å². The number of rotatable bonds is 2. The Morgan fingerprint density at radius 1 is 1.50 bits per heavy atom. The first kappa shape index (κ1) is 4.67. The van der Waals surface area contributed by atoms with Crippen LogP contribution in [0.2, 0.25) is 0 Å². The third-order valence-electron chi connectivity index (χ3n) is 1.26. The SMILES string of the molecule is [2H]C([2H])(C)C(=O)c1ccccc1. The molecule has 0 saturated heterocycles. The Morgan fingerprint density at radius 3 is 2.60 bits per heavy atom. The van der Waals surface area contributed by atoms with Gasteiger partial charge in [-0.15, -0.1) is 0 Å². The van der Waals surface area contributed by atoms with Crippen LogP contribution < -0.4 is 0 Å². The molecule has 10 heavy (non-hydrogen) atoms. The van der Waals surface area contributed by atoms with Crippen LogP contribution in [0.4, 0.5) is 0 Å². The molecule has 0 atom stereocenters. The van der Waals surface area contributed by atoms with E-state index < -0.39 is 12.2 Å². The Kier molecular flexibility index (Phi) is 1.47. The van der Waals surface area contributed by atoms with Crippen molar-refractivity contribution in [3.05, 3.63) is 35.9 Å². The largest absolute Gasteiger partial charge is 0.294 e. The van der Waals surface area contributed by atoms with E-state index >= 15 is 0 Å². The standard InChI is InChI=1S/C9H10O/c1-2-9(10)8-6-4-3-5-7-8/h3-7H,2H2,1H3/i2D2. The first-order chi connectivity index (χ1) is 5.52. The highest BCUT2D eigenvalue weighted by atomic mass is 16.1. The van der Waals surface area contributed by atoms with Crippen molar-refractivity contribution in [3.63, 3.8) is 0 Å². The zero-order chi connectivity index (χ0) is 9.19. The van der Waals surface area contributed by atoms with Gasteiger partial charge in [0.25, 0.3) is 0 Å². The van der Waals surface area contributed by atoms with Gasteiger partial charge in [-0.1, -0.05) is 37.3 Å². The fourth-order valence-corrected chi connectivity index (χ4v) is 0.734. The van der Waals surface area contributed by atoms with Crippen molar-refractivity contribution < 1.29 is 7.54 Å². The molecule has 1 aromatic rings. The van der Waals surface area contributed by atoms with E-state index in [9.17, 15) is 4.79 Å². The highest BCUT2D eigenvalue weighted by Gasteiger charge is 1.98. The Morgan fingerprint density at radius 2 is 2.10 bits per heavy atom. The van der Waals surface area contributed by atoms with Crippen LogP contribution in [0.5, 0.6) is 0 Å². The molecule has 0 heterocycles. The van der Waals surface area contributed by atoms with E-state index in [-0.39, 0.29) is 0 Å². The lowest BCUT2D eigenvalue weighted by Crippen LogP contribution is -1.94. The van der Waals surface area contributed by atoms with Crippen molar-refractivity contribution in [2.75, 3.05) is 0 Å². The lowest BCUT2D eigenvalue weighted by molar-refractivity contribution is 0.0988. The smallest absolute Gasteiger partial charge is 0.162 e. The summed E-state index contributed by atoms with van der Waals surface area (Å²) in [6.07, 6.45) is -1.78. The number of carbonyl (C=O) groups is 1. The molecule has 0 amide bonds. The Balaban J connectivity index is 2.94. The highest BCUT2D eigenvalue weighted by molar-refractivity contribution is 5.95. The Hall–Kier alpha value is -1.11. The second-order valence-corrected chi connectivity index (χ2v) is 1.95. The van der Waals surface area contributed by atoms with E-state index in [1.165, 1.54) is 6.92 Å². The molecule has 0 spiro atoms. The van der Waals surface area contributed by atoms with Crippen LogP contribution >= 0.6 is 0 Å². The Bertz CT molecular complexity index is 274. The van der Waals surface area contributed by atoms with E-state index in [0.29, 0.717) is 5.56 Å². The minimum absolute atomic E-state index is 0.421. The molecule has 1 heteroatoms. The van der Waals surface area contributed by atoms with Crippen LogP contribution in [0.25, 0.3) is 0 Å². The maximum atomic E-state index is 11.3. The molecule has 0 fully saturated rings. The number of Topliss-reactive ketones (excluding diaryl/α,β-unsaturated/α-hetero) is 1. The summed E-state index contributed by atoms with van der Waals surface area (Å²) >= 11 is 0. The molecule has 0 unspecified atom stereocenters. The number of hydrogen-bond acceptors (Lipinski definition) is 1. The highest BCUT2D eigenvalue weighted by Crippen LogP contribution is 2.01. The van der Waals surface area contributed by atoms with E-state index in [4.69, 9.17) is 2.74 Å². The van der Waals surface area contributed by atoms with E-state index in [2.05, 4.69) is 0 Å². The van der Waals surface area contributed by atoms with Crippen LogP contribution in [0.3, 0.4) is 0 Å². The molecule has 0 aliphatic heterocycles. The summed E-state index contributed by atoms with van der Waals surface area (Å²) in [5, 5.41) is 0. The maximum absolute atomic E-state index is 11.3. The van der Waals surface area contributed by atoms with Crippen LogP contribution in [0.1, 0.15) is 26.4 Å². The average molecular weight is 136 g/mol. The zero-order valence-corrected chi connectivity index (χ0v) is 5.79. The molecule has 1 rings (SSSR count). The summed E-state index contributed by atoms with van der Waals surface area (Å²) < 4.78 is 14.4. The normalized spacial score (nSPS) is 13.7. The number of carbonyl (C=O) groups excluding carboxylic acids is 1. The van der Waals surface area contributed by atoms with Gasteiger partial charge in [0, 0.05) is 14.7 Å². The quantitative estimate of drug-likeness (QED) is 0.570. The molecular formula is C9H10O. The van der Waals surface area contributed by atoms with Gasteiger partial charge in [0.15, 0.2) is 5.78 Å². The number of ketones is 1. The lowest BCUT2D eigenvalue weighted by Gasteiger charge is -1.93. The molecule has 52 valence electrons. The monoisotopic (exact) mass is 136 g/mol. The first-order valence-electron chi connectivity index (χ1n) is 4.11. The fraction of sp³-hybridized carbons (Fsp3) is 0.222.